The molecule has 0 aliphatic rings. The molecule has 13 heteroatoms. The fourth-order valence-corrected chi connectivity index (χ4v) is 2.90. The van der Waals surface area contributed by atoms with Crippen LogP contribution < -0.4 is 10.2 Å². The Hall–Kier alpha value is -2.80. The zero-order valence-electron chi connectivity index (χ0n) is 12.1. The molecule has 0 atom stereocenters. The second-order valence-corrected chi connectivity index (χ2v) is 6.32. The number of nitro benzene ring substituents is 1. The monoisotopic (exact) mass is 367 g/mol. The van der Waals surface area contributed by atoms with Gasteiger partial charge in [-0.05, 0) is 17.5 Å². The van der Waals surface area contributed by atoms with Crippen LogP contribution in [-0.2, 0) is 4.79 Å². The van der Waals surface area contributed by atoms with Crippen molar-refractivity contribution in [2.45, 2.75) is 4.34 Å². The smallest absolute Gasteiger partial charge is 0.271 e. The van der Waals surface area contributed by atoms with Gasteiger partial charge in [0.25, 0.3) is 11.6 Å². The topological polar surface area (TPSA) is 138 Å². The summed E-state index contributed by atoms with van der Waals surface area (Å²) in [7, 11) is 0. The Bertz CT molecular complexity index is 909. The molecule has 0 unspecified atom stereocenters. The van der Waals surface area contributed by atoms with Crippen molar-refractivity contribution < 1.29 is 14.6 Å². The first-order valence-corrected chi connectivity index (χ1v) is 8.41. The average molecular weight is 367 g/mol. The summed E-state index contributed by atoms with van der Waals surface area (Å²) < 4.78 is 0.723. The van der Waals surface area contributed by atoms with E-state index in [2.05, 4.69) is 25.8 Å². The highest BCUT2D eigenvalue weighted by molar-refractivity contribution is 8.00. The number of fused-ring (bicyclic) bond motifs is 1. The highest BCUT2D eigenvalue weighted by atomic mass is 32.2. The van der Waals surface area contributed by atoms with Crippen molar-refractivity contribution in [1.82, 2.24) is 25.4 Å². The van der Waals surface area contributed by atoms with E-state index >= 15 is 0 Å². The minimum atomic E-state index is -0.539. The molecule has 0 saturated carbocycles. The van der Waals surface area contributed by atoms with E-state index in [1.807, 2.05) is 6.26 Å². The number of non-ortho nitro benzene ring substituents is 1. The van der Waals surface area contributed by atoms with Crippen LogP contribution in [0.2, 0.25) is 0 Å². The molecule has 1 aromatic carbocycles. The molecule has 0 saturated heterocycles. The van der Waals surface area contributed by atoms with Gasteiger partial charge in [0.15, 0.2) is 10.9 Å². The number of aromatic nitrogens is 5. The number of thioether (sulfide) groups is 1. The first kappa shape index (κ1) is 16.1. The Morgan fingerprint density at radius 1 is 1.46 bits per heavy atom. The van der Waals surface area contributed by atoms with Crippen LogP contribution in [0.25, 0.3) is 11.0 Å². The van der Waals surface area contributed by atoms with Crippen LogP contribution >= 0.6 is 23.1 Å². The number of rotatable bonds is 6. The maximum atomic E-state index is 11.8. The summed E-state index contributed by atoms with van der Waals surface area (Å²) in [5.74, 6) is -0.465. The van der Waals surface area contributed by atoms with E-state index in [1.165, 1.54) is 41.3 Å². The van der Waals surface area contributed by atoms with Gasteiger partial charge in [-0.3, -0.25) is 20.2 Å². The predicted molar refractivity (Wildman–Crippen MR) is 85.9 cm³/mol. The fraction of sp³-hybridized carbons (Fsp3) is 0.182. The number of nitrogens with one attached hydrogen (secondary N) is 1. The molecule has 0 aliphatic heterocycles. The Kier molecular flexibility index (Phi) is 4.52. The standard InChI is InChI=1S/C11H9N7O4S2/c1-23-11-15-14-10(24-11)12-9(19)5-22-17-8-4-6(18(20)21)2-3-7(8)13-16-17/h2-4H,5H2,1H3,(H,12,14,19). The van der Waals surface area contributed by atoms with Crippen LogP contribution in [0.15, 0.2) is 22.5 Å². The molecule has 0 spiro atoms. The van der Waals surface area contributed by atoms with Crippen molar-refractivity contribution in [1.29, 1.82) is 0 Å². The zero-order valence-corrected chi connectivity index (χ0v) is 13.7. The molecule has 124 valence electrons. The summed E-state index contributed by atoms with van der Waals surface area (Å²) in [6.45, 7) is -0.366. The SMILES string of the molecule is CSc1nnc(NC(=O)COn2nnc3ccc([N+](=O)[O-])cc32)s1. The van der Waals surface area contributed by atoms with Crippen molar-refractivity contribution >= 4 is 50.9 Å². The minimum Gasteiger partial charge on any atom is -0.385 e. The van der Waals surface area contributed by atoms with Crippen LogP contribution in [0.3, 0.4) is 0 Å². The summed E-state index contributed by atoms with van der Waals surface area (Å²) >= 11 is 2.65. The van der Waals surface area contributed by atoms with E-state index in [0.717, 1.165) is 9.18 Å². The number of hydrogen-bond donors (Lipinski definition) is 1. The lowest BCUT2D eigenvalue weighted by Crippen LogP contribution is -2.26. The molecule has 24 heavy (non-hydrogen) atoms. The lowest BCUT2D eigenvalue weighted by Gasteiger charge is -2.04. The van der Waals surface area contributed by atoms with E-state index in [9.17, 15) is 14.9 Å². The first-order chi connectivity index (χ1) is 11.6. The van der Waals surface area contributed by atoms with Crippen molar-refractivity contribution in [2.75, 3.05) is 18.2 Å². The molecule has 3 aromatic rings. The first-order valence-electron chi connectivity index (χ1n) is 6.37. The van der Waals surface area contributed by atoms with Crippen molar-refractivity contribution in [2.24, 2.45) is 0 Å². The van der Waals surface area contributed by atoms with E-state index in [1.54, 1.807) is 0 Å². The summed E-state index contributed by atoms with van der Waals surface area (Å²) in [5.41, 5.74) is 0.574. The molecule has 11 nitrogen and oxygen atoms in total. The lowest BCUT2D eigenvalue weighted by atomic mass is 10.3. The van der Waals surface area contributed by atoms with Crippen molar-refractivity contribution in [3.05, 3.63) is 28.3 Å². The van der Waals surface area contributed by atoms with Crippen LogP contribution in [0.4, 0.5) is 10.8 Å². The molecule has 1 amide bonds. The number of nitro groups is 1. The highest BCUT2D eigenvalue weighted by Crippen LogP contribution is 2.23. The van der Waals surface area contributed by atoms with Gasteiger partial charge in [-0.1, -0.05) is 27.9 Å². The summed E-state index contributed by atoms with van der Waals surface area (Å²) in [4.78, 5) is 28.3. The van der Waals surface area contributed by atoms with Gasteiger partial charge in [0.2, 0.25) is 5.13 Å². The molecule has 0 bridgehead atoms. The third-order valence-corrected chi connectivity index (χ3v) is 4.57. The summed E-state index contributed by atoms with van der Waals surface area (Å²) in [6, 6.07) is 4.03. The largest absolute Gasteiger partial charge is 0.385 e. The molecular formula is C11H9N7O4S2. The van der Waals surface area contributed by atoms with E-state index < -0.39 is 10.8 Å². The summed E-state index contributed by atoms with van der Waals surface area (Å²) in [6.07, 6.45) is 1.85. The Morgan fingerprint density at radius 2 is 2.29 bits per heavy atom. The zero-order chi connectivity index (χ0) is 17.1. The fourth-order valence-electron chi connectivity index (χ4n) is 1.71. The maximum absolute atomic E-state index is 11.8. The van der Waals surface area contributed by atoms with Gasteiger partial charge in [-0.25, -0.2) is 0 Å². The number of hydrogen-bond acceptors (Lipinski definition) is 10. The number of benzene rings is 1. The normalized spacial score (nSPS) is 10.7. The highest BCUT2D eigenvalue weighted by Gasteiger charge is 2.14. The van der Waals surface area contributed by atoms with E-state index in [0.29, 0.717) is 10.6 Å². The van der Waals surface area contributed by atoms with E-state index in [4.69, 9.17) is 4.84 Å². The molecule has 0 fully saturated rings. The van der Waals surface area contributed by atoms with Gasteiger partial charge in [0, 0.05) is 12.1 Å². The van der Waals surface area contributed by atoms with Crippen LogP contribution in [-0.4, -0.2) is 49.0 Å². The van der Waals surface area contributed by atoms with Gasteiger partial charge in [-0.2, -0.15) is 0 Å². The molecule has 2 heterocycles. The average Bonchev–Trinajstić information content (AvgIpc) is 3.18. The quantitative estimate of drug-likeness (QED) is 0.292. The van der Waals surface area contributed by atoms with Gasteiger partial charge < -0.3 is 4.84 Å². The third-order valence-electron chi connectivity index (χ3n) is 2.75. The van der Waals surface area contributed by atoms with Gasteiger partial charge in [-0.15, -0.1) is 15.3 Å². The maximum Gasteiger partial charge on any atom is 0.271 e. The van der Waals surface area contributed by atoms with Crippen LogP contribution in [0.1, 0.15) is 0 Å². The van der Waals surface area contributed by atoms with Crippen molar-refractivity contribution in [3.8, 4) is 0 Å². The number of carbonyl (C=O) groups excluding carboxylic acids is 1. The molecule has 0 aliphatic carbocycles. The van der Waals surface area contributed by atoms with Crippen LogP contribution in [0.5, 0.6) is 0 Å². The van der Waals surface area contributed by atoms with E-state index in [-0.39, 0.29) is 17.8 Å². The molecule has 0 radical (unpaired) electrons. The third kappa shape index (κ3) is 3.41. The number of anilines is 1. The van der Waals surface area contributed by atoms with Gasteiger partial charge >= 0.3 is 0 Å². The van der Waals surface area contributed by atoms with Crippen molar-refractivity contribution in [3.63, 3.8) is 0 Å². The second kappa shape index (κ2) is 6.76. The summed E-state index contributed by atoms with van der Waals surface area (Å²) in [5, 5.41) is 28.9. The van der Waals surface area contributed by atoms with Crippen LogP contribution in [0, 0.1) is 10.1 Å². The lowest BCUT2D eigenvalue weighted by molar-refractivity contribution is -0.384. The minimum absolute atomic E-state index is 0.127. The second-order valence-electron chi connectivity index (χ2n) is 4.29. The predicted octanol–water partition coefficient (Wildman–Crippen LogP) is 0.980. The number of carbonyl (C=O) groups is 1. The Morgan fingerprint density at radius 3 is 3.00 bits per heavy atom. The van der Waals surface area contributed by atoms with Gasteiger partial charge in [0.05, 0.1) is 4.92 Å². The number of amides is 1. The number of nitrogens with zero attached hydrogens (tertiary/aromatic N) is 6. The van der Waals surface area contributed by atoms with Gasteiger partial charge in [0.1, 0.15) is 11.0 Å². The molecule has 1 N–H and O–H groups in total. The molecule has 2 aromatic heterocycles. The Balaban J connectivity index is 1.67. The molecule has 3 rings (SSSR count). The molecular weight excluding hydrogens is 358 g/mol. The Labute approximate surface area is 142 Å².